The van der Waals surface area contributed by atoms with Crippen molar-refractivity contribution in [2.45, 2.75) is 37.6 Å². The van der Waals surface area contributed by atoms with Gasteiger partial charge in [-0.25, -0.2) is 4.68 Å². The standard InChI is InChI=1S/C9H18N4O2S/c1-9(2,15-3)4-7-16-8-10-11-12-13(8)5-6-14/h14H,4-7H2,1-3H3. The molecule has 92 valence electrons. The summed E-state index contributed by atoms with van der Waals surface area (Å²) in [5.74, 6) is 0.882. The lowest BCUT2D eigenvalue weighted by molar-refractivity contribution is 0.0206. The number of aliphatic hydroxyl groups is 1. The van der Waals surface area contributed by atoms with Gasteiger partial charge in [0.2, 0.25) is 5.16 Å². The highest BCUT2D eigenvalue weighted by Gasteiger charge is 2.16. The summed E-state index contributed by atoms with van der Waals surface area (Å²) in [5.41, 5.74) is -0.123. The molecule has 0 radical (unpaired) electrons. The molecule has 0 aliphatic rings. The summed E-state index contributed by atoms with van der Waals surface area (Å²) in [4.78, 5) is 0. The SMILES string of the molecule is COC(C)(C)CCSc1nnnn1CCO. The summed E-state index contributed by atoms with van der Waals surface area (Å²) in [5, 5.41) is 20.8. The van der Waals surface area contributed by atoms with Crippen molar-refractivity contribution in [2.75, 3.05) is 19.5 Å². The predicted molar refractivity (Wildman–Crippen MR) is 61.3 cm³/mol. The number of ether oxygens (including phenoxy) is 1. The monoisotopic (exact) mass is 246 g/mol. The third-order valence-electron chi connectivity index (χ3n) is 2.30. The number of rotatable bonds is 7. The summed E-state index contributed by atoms with van der Waals surface area (Å²) in [7, 11) is 1.71. The van der Waals surface area contributed by atoms with E-state index in [0.717, 1.165) is 17.3 Å². The highest BCUT2D eigenvalue weighted by Crippen LogP contribution is 2.20. The average molecular weight is 246 g/mol. The van der Waals surface area contributed by atoms with Gasteiger partial charge in [-0.2, -0.15) is 0 Å². The zero-order valence-corrected chi connectivity index (χ0v) is 10.7. The normalized spacial score (nSPS) is 12.0. The van der Waals surface area contributed by atoms with Crippen molar-refractivity contribution in [3.63, 3.8) is 0 Å². The van der Waals surface area contributed by atoms with Gasteiger partial charge < -0.3 is 9.84 Å². The van der Waals surface area contributed by atoms with Crippen molar-refractivity contribution in [2.24, 2.45) is 0 Å². The van der Waals surface area contributed by atoms with E-state index in [1.165, 1.54) is 0 Å². The lowest BCUT2D eigenvalue weighted by Gasteiger charge is -2.22. The van der Waals surface area contributed by atoms with Crippen molar-refractivity contribution < 1.29 is 9.84 Å². The number of nitrogens with zero attached hydrogens (tertiary/aromatic N) is 4. The third kappa shape index (κ3) is 4.07. The minimum atomic E-state index is -0.123. The maximum absolute atomic E-state index is 8.81. The van der Waals surface area contributed by atoms with Gasteiger partial charge in [-0.1, -0.05) is 11.8 Å². The van der Waals surface area contributed by atoms with Crippen LogP contribution in [0.4, 0.5) is 0 Å². The zero-order valence-electron chi connectivity index (χ0n) is 9.88. The van der Waals surface area contributed by atoms with Crippen LogP contribution < -0.4 is 0 Å². The summed E-state index contributed by atoms with van der Waals surface area (Å²) < 4.78 is 6.92. The Labute approximate surface area is 99.4 Å². The second-order valence-corrected chi connectivity index (χ2v) is 5.03. The van der Waals surface area contributed by atoms with E-state index < -0.39 is 0 Å². The minimum absolute atomic E-state index is 0.0438. The Hall–Kier alpha value is -0.660. The molecule has 0 amide bonds. The molecule has 0 aromatic carbocycles. The first-order chi connectivity index (χ1) is 7.59. The molecule has 0 saturated heterocycles. The van der Waals surface area contributed by atoms with Crippen LogP contribution in [0.15, 0.2) is 5.16 Å². The van der Waals surface area contributed by atoms with E-state index in [1.54, 1.807) is 23.6 Å². The van der Waals surface area contributed by atoms with Gasteiger partial charge in [0.05, 0.1) is 18.8 Å². The molecule has 1 N–H and O–H groups in total. The van der Waals surface area contributed by atoms with Gasteiger partial charge >= 0.3 is 0 Å². The van der Waals surface area contributed by atoms with Gasteiger partial charge in [-0.15, -0.1) is 5.10 Å². The van der Waals surface area contributed by atoms with Crippen LogP contribution in [0, 0.1) is 0 Å². The van der Waals surface area contributed by atoms with Crippen molar-refractivity contribution in [1.82, 2.24) is 20.2 Å². The minimum Gasteiger partial charge on any atom is -0.394 e. The molecule has 0 aliphatic heterocycles. The summed E-state index contributed by atoms with van der Waals surface area (Å²) in [6.07, 6.45) is 0.917. The van der Waals surface area contributed by atoms with E-state index in [4.69, 9.17) is 9.84 Å². The Kier molecular flexibility index (Phi) is 5.17. The number of aromatic nitrogens is 4. The number of thioether (sulfide) groups is 1. The van der Waals surface area contributed by atoms with Crippen molar-refractivity contribution in [3.8, 4) is 0 Å². The van der Waals surface area contributed by atoms with E-state index in [0.29, 0.717) is 6.54 Å². The molecule has 16 heavy (non-hydrogen) atoms. The van der Waals surface area contributed by atoms with E-state index in [2.05, 4.69) is 15.5 Å². The van der Waals surface area contributed by atoms with Gasteiger partial charge in [0.15, 0.2) is 0 Å². The Bertz CT molecular complexity index is 316. The molecule has 6 nitrogen and oxygen atoms in total. The molecule has 0 bridgehead atoms. The fraction of sp³-hybridized carbons (Fsp3) is 0.889. The Morgan fingerprint density at radius 1 is 1.50 bits per heavy atom. The molecule has 1 rings (SSSR count). The molecule has 0 aliphatic carbocycles. The Morgan fingerprint density at radius 3 is 2.88 bits per heavy atom. The molecule has 1 heterocycles. The average Bonchev–Trinajstić information content (AvgIpc) is 2.66. The highest BCUT2D eigenvalue weighted by atomic mass is 32.2. The molecule has 0 saturated carbocycles. The molecule has 0 atom stereocenters. The highest BCUT2D eigenvalue weighted by molar-refractivity contribution is 7.99. The topological polar surface area (TPSA) is 73.1 Å². The Morgan fingerprint density at radius 2 is 2.25 bits per heavy atom. The smallest absolute Gasteiger partial charge is 0.209 e. The van der Waals surface area contributed by atoms with Gasteiger partial charge in [0.25, 0.3) is 0 Å². The third-order valence-corrected chi connectivity index (χ3v) is 3.26. The van der Waals surface area contributed by atoms with Crippen LogP contribution in [-0.4, -0.2) is 50.4 Å². The first-order valence-electron chi connectivity index (χ1n) is 5.14. The molecule has 1 aromatic rings. The van der Waals surface area contributed by atoms with Crippen LogP contribution in [0.2, 0.25) is 0 Å². The summed E-state index contributed by atoms with van der Waals surface area (Å²) >= 11 is 1.57. The number of aliphatic hydroxyl groups excluding tert-OH is 1. The first-order valence-corrected chi connectivity index (χ1v) is 6.12. The zero-order chi connectivity index (χ0) is 12.0. The molecular weight excluding hydrogens is 228 g/mol. The van der Waals surface area contributed by atoms with Crippen LogP contribution in [0.25, 0.3) is 0 Å². The molecular formula is C9H18N4O2S. The quantitative estimate of drug-likeness (QED) is 0.709. The van der Waals surface area contributed by atoms with Crippen molar-refractivity contribution in [3.05, 3.63) is 0 Å². The van der Waals surface area contributed by atoms with E-state index in [1.807, 2.05) is 13.8 Å². The van der Waals surface area contributed by atoms with E-state index >= 15 is 0 Å². The molecule has 0 unspecified atom stereocenters. The molecule has 7 heteroatoms. The second-order valence-electron chi connectivity index (χ2n) is 3.97. The molecule has 1 aromatic heterocycles. The van der Waals surface area contributed by atoms with Crippen LogP contribution in [-0.2, 0) is 11.3 Å². The maximum atomic E-state index is 8.81. The predicted octanol–water partition coefficient (Wildman–Crippen LogP) is 0.573. The maximum Gasteiger partial charge on any atom is 0.209 e. The number of hydrogen-bond acceptors (Lipinski definition) is 6. The number of tetrazole rings is 1. The first kappa shape index (κ1) is 13.4. The fourth-order valence-corrected chi connectivity index (χ4v) is 2.17. The van der Waals surface area contributed by atoms with Gasteiger partial charge in [-0.3, -0.25) is 0 Å². The lowest BCUT2D eigenvalue weighted by atomic mass is 10.1. The number of hydrogen-bond donors (Lipinski definition) is 1. The van der Waals surface area contributed by atoms with Gasteiger partial charge in [0.1, 0.15) is 0 Å². The largest absolute Gasteiger partial charge is 0.394 e. The van der Waals surface area contributed by atoms with Crippen molar-refractivity contribution >= 4 is 11.8 Å². The number of methoxy groups -OCH3 is 1. The van der Waals surface area contributed by atoms with Gasteiger partial charge in [0, 0.05) is 12.9 Å². The summed E-state index contributed by atoms with van der Waals surface area (Å²) in [6, 6.07) is 0. The summed E-state index contributed by atoms with van der Waals surface area (Å²) in [6.45, 7) is 4.57. The molecule has 0 fully saturated rings. The van der Waals surface area contributed by atoms with Gasteiger partial charge in [-0.05, 0) is 30.7 Å². The fourth-order valence-electron chi connectivity index (χ4n) is 1.03. The van der Waals surface area contributed by atoms with Crippen LogP contribution >= 0.6 is 11.8 Å². The van der Waals surface area contributed by atoms with Crippen LogP contribution in [0.1, 0.15) is 20.3 Å². The van der Waals surface area contributed by atoms with E-state index in [9.17, 15) is 0 Å². The van der Waals surface area contributed by atoms with Crippen LogP contribution in [0.3, 0.4) is 0 Å². The van der Waals surface area contributed by atoms with E-state index in [-0.39, 0.29) is 12.2 Å². The van der Waals surface area contributed by atoms with Crippen molar-refractivity contribution in [1.29, 1.82) is 0 Å². The lowest BCUT2D eigenvalue weighted by Crippen LogP contribution is -2.23. The molecule has 0 spiro atoms. The second kappa shape index (κ2) is 6.17. The Balaban J connectivity index is 2.39. The van der Waals surface area contributed by atoms with Crippen LogP contribution in [0.5, 0.6) is 0 Å².